The van der Waals surface area contributed by atoms with Gasteiger partial charge in [-0.05, 0) is 23.6 Å². The third-order valence-electron chi connectivity index (χ3n) is 4.40. The van der Waals surface area contributed by atoms with Crippen molar-refractivity contribution in [3.63, 3.8) is 0 Å². The van der Waals surface area contributed by atoms with E-state index in [9.17, 15) is 0 Å². The molecule has 122 valence electrons. The summed E-state index contributed by atoms with van der Waals surface area (Å²) in [7, 11) is 0. The molecule has 3 heteroatoms. The van der Waals surface area contributed by atoms with Gasteiger partial charge in [0.15, 0.2) is 0 Å². The van der Waals surface area contributed by atoms with Crippen molar-refractivity contribution < 1.29 is 4.74 Å². The van der Waals surface area contributed by atoms with Crippen molar-refractivity contribution in [2.24, 2.45) is 0 Å². The molecule has 23 heavy (non-hydrogen) atoms. The van der Waals surface area contributed by atoms with Crippen LogP contribution in [0.25, 0.3) is 11.1 Å². The molecular formula is C20H26N2O. The topological polar surface area (TPSA) is 24.5 Å². The molecule has 0 atom stereocenters. The first-order chi connectivity index (χ1) is 11.3. The Balaban J connectivity index is 1.56. The lowest BCUT2D eigenvalue weighted by molar-refractivity contribution is 0.0888. The number of benzene rings is 2. The van der Waals surface area contributed by atoms with Crippen LogP contribution in [0.2, 0.25) is 0 Å². The van der Waals surface area contributed by atoms with Crippen LogP contribution in [-0.4, -0.2) is 44.2 Å². The highest BCUT2D eigenvalue weighted by Crippen LogP contribution is 2.24. The summed E-state index contributed by atoms with van der Waals surface area (Å²) in [5.74, 6) is 0. The van der Waals surface area contributed by atoms with E-state index >= 15 is 0 Å². The van der Waals surface area contributed by atoms with Crippen molar-refractivity contribution in [1.29, 1.82) is 0 Å². The molecule has 2 aromatic rings. The molecule has 1 fully saturated rings. The molecule has 0 aliphatic carbocycles. The zero-order valence-electron chi connectivity index (χ0n) is 13.9. The van der Waals surface area contributed by atoms with Gasteiger partial charge in [0.1, 0.15) is 0 Å². The molecule has 3 rings (SSSR count). The molecule has 1 aliphatic heterocycles. The standard InChI is InChI=1S/C20H26N2O/c1-17-6-8-18(9-7-17)20-5-3-2-4-19(20)16-23-15-14-22-12-10-21-11-13-22/h2-9,21H,10-16H2,1H3. The minimum Gasteiger partial charge on any atom is -0.375 e. The van der Waals surface area contributed by atoms with E-state index < -0.39 is 0 Å². The van der Waals surface area contributed by atoms with Crippen LogP contribution >= 0.6 is 0 Å². The second-order valence-electron chi connectivity index (χ2n) is 6.17. The van der Waals surface area contributed by atoms with Crippen LogP contribution in [0.3, 0.4) is 0 Å². The summed E-state index contributed by atoms with van der Waals surface area (Å²) in [4.78, 5) is 2.46. The highest BCUT2D eigenvalue weighted by molar-refractivity contribution is 5.67. The van der Waals surface area contributed by atoms with E-state index in [-0.39, 0.29) is 0 Å². The zero-order chi connectivity index (χ0) is 15.9. The van der Waals surface area contributed by atoms with Gasteiger partial charge in [-0.2, -0.15) is 0 Å². The quantitative estimate of drug-likeness (QED) is 0.830. The molecule has 0 saturated carbocycles. The van der Waals surface area contributed by atoms with Crippen LogP contribution in [-0.2, 0) is 11.3 Å². The van der Waals surface area contributed by atoms with Gasteiger partial charge in [-0.3, -0.25) is 4.90 Å². The third-order valence-corrected chi connectivity index (χ3v) is 4.40. The van der Waals surface area contributed by atoms with Gasteiger partial charge in [-0.25, -0.2) is 0 Å². The zero-order valence-corrected chi connectivity index (χ0v) is 13.9. The molecule has 1 heterocycles. The highest BCUT2D eigenvalue weighted by atomic mass is 16.5. The molecule has 0 spiro atoms. The maximum absolute atomic E-state index is 5.95. The molecular weight excluding hydrogens is 284 g/mol. The van der Waals surface area contributed by atoms with Crippen molar-refractivity contribution in [3.8, 4) is 11.1 Å². The fourth-order valence-corrected chi connectivity index (χ4v) is 2.97. The van der Waals surface area contributed by atoms with Crippen LogP contribution in [0.1, 0.15) is 11.1 Å². The molecule has 1 saturated heterocycles. The smallest absolute Gasteiger partial charge is 0.0723 e. The largest absolute Gasteiger partial charge is 0.375 e. The first-order valence-electron chi connectivity index (χ1n) is 8.49. The summed E-state index contributed by atoms with van der Waals surface area (Å²) in [6.07, 6.45) is 0. The Morgan fingerprint density at radius 2 is 1.74 bits per heavy atom. The summed E-state index contributed by atoms with van der Waals surface area (Å²) >= 11 is 0. The number of piperazine rings is 1. The lowest BCUT2D eigenvalue weighted by Crippen LogP contribution is -2.44. The van der Waals surface area contributed by atoms with Gasteiger partial charge >= 0.3 is 0 Å². The summed E-state index contributed by atoms with van der Waals surface area (Å²) in [5, 5.41) is 3.38. The Hall–Kier alpha value is -1.68. The van der Waals surface area contributed by atoms with Crippen LogP contribution in [0.4, 0.5) is 0 Å². The fourth-order valence-electron chi connectivity index (χ4n) is 2.97. The number of aryl methyl sites for hydroxylation is 1. The van der Waals surface area contributed by atoms with Crippen molar-refractivity contribution in [1.82, 2.24) is 10.2 Å². The molecule has 0 aromatic heterocycles. The van der Waals surface area contributed by atoms with Crippen LogP contribution < -0.4 is 5.32 Å². The van der Waals surface area contributed by atoms with Gasteiger partial charge in [0.25, 0.3) is 0 Å². The second-order valence-corrected chi connectivity index (χ2v) is 6.17. The summed E-state index contributed by atoms with van der Waals surface area (Å²) in [5.41, 5.74) is 5.08. The molecule has 0 radical (unpaired) electrons. The van der Waals surface area contributed by atoms with Crippen molar-refractivity contribution in [2.45, 2.75) is 13.5 Å². The molecule has 1 aliphatic rings. The first kappa shape index (κ1) is 16.2. The molecule has 0 amide bonds. The highest BCUT2D eigenvalue weighted by Gasteiger charge is 2.09. The maximum Gasteiger partial charge on any atom is 0.0723 e. The van der Waals surface area contributed by atoms with E-state index in [1.807, 2.05) is 0 Å². The van der Waals surface area contributed by atoms with Crippen LogP contribution in [0.15, 0.2) is 48.5 Å². The first-order valence-corrected chi connectivity index (χ1v) is 8.49. The van der Waals surface area contributed by atoms with Gasteiger partial charge in [-0.1, -0.05) is 54.1 Å². The van der Waals surface area contributed by atoms with Crippen LogP contribution in [0, 0.1) is 6.92 Å². The second kappa shape index (κ2) is 8.25. The van der Waals surface area contributed by atoms with E-state index in [0.717, 1.165) is 39.3 Å². The van der Waals surface area contributed by atoms with Gasteiger partial charge in [0.2, 0.25) is 0 Å². The Bertz CT molecular complexity index is 603. The third kappa shape index (κ3) is 4.64. The van der Waals surface area contributed by atoms with Gasteiger partial charge in [0, 0.05) is 32.7 Å². The number of hydrogen-bond donors (Lipinski definition) is 1. The molecule has 1 N–H and O–H groups in total. The summed E-state index contributed by atoms with van der Waals surface area (Å²) < 4.78 is 5.95. The predicted molar refractivity (Wildman–Crippen MR) is 95.6 cm³/mol. The monoisotopic (exact) mass is 310 g/mol. The number of hydrogen-bond acceptors (Lipinski definition) is 3. The number of rotatable bonds is 6. The van der Waals surface area contributed by atoms with E-state index in [4.69, 9.17) is 4.74 Å². The SMILES string of the molecule is Cc1ccc(-c2ccccc2COCCN2CCNCC2)cc1. The Morgan fingerprint density at radius 1 is 1.00 bits per heavy atom. The van der Waals surface area contributed by atoms with Crippen molar-refractivity contribution in [3.05, 3.63) is 59.7 Å². The summed E-state index contributed by atoms with van der Waals surface area (Å²) in [6, 6.07) is 17.2. The number of nitrogens with zero attached hydrogens (tertiary/aromatic N) is 1. The average molecular weight is 310 g/mol. The Morgan fingerprint density at radius 3 is 2.52 bits per heavy atom. The summed E-state index contributed by atoms with van der Waals surface area (Å²) in [6.45, 7) is 9.06. The molecule has 0 unspecified atom stereocenters. The Kier molecular flexibility index (Phi) is 5.81. The molecule has 0 bridgehead atoms. The lowest BCUT2D eigenvalue weighted by atomic mass is 9.99. The number of nitrogens with one attached hydrogen (secondary N) is 1. The van der Waals surface area contributed by atoms with E-state index in [0.29, 0.717) is 6.61 Å². The fraction of sp³-hybridized carbons (Fsp3) is 0.400. The van der Waals surface area contributed by atoms with E-state index in [2.05, 4.69) is 65.7 Å². The normalized spacial score (nSPS) is 15.7. The van der Waals surface area contributed by atoms with Gasteiger partial charge in [0.05, 0.1) is 13.2 Å². The van der Waals surface area contributed by atoms with E-state index in [1.54, 1.807) is 0 Å². The van der Waals surface area contributed by atoms with E-state index in [1.165, 1.54) is 22.3 Å². The number of ether oxygens (including phenoxy) is 1. The van der Waals surface area contributed by atoms with Crippen molar-refractivity contribution in [2.75, 3.05) is 39.3 Å². The van der Waals surface area contributed by atoms with Crippen molar-refractivity contribution >= 4 is 0 Å². The van der Waals surface area contributed by atoms with Crippen LogP contribution in [0.5, 0.6) is 0 Å². The maximum atomic E-state index is 5.95. The Labute approximate surface area is 139 Å². The minimum absolute atomic E-state index is 0.677. The average Bonchev–Trinajstić information content (AvgIpc) is 2.61. The molecule has 2 aromatic carbocycles. The predicted octanol–water partition coefficient (Wildman–Crippen LogP) is 3.08. The lowest BCUT2D eigenvalue weighted by Gasteiger charge is -2.26. The molecule has 3 nitrogen and oxygen atoms in total. The van der Waals surface area contributed by atoms with Gasteiger partial charge in [-0.15, -0.1) is 0 Å². The minimum atomic E-state index is 0.677. The van der Waals surface area contributed by atoms with Gasteiger partial charge < -0.3 is 10.1 Å².